The zero-order valence-electron chi connectivity index (χ0n) is 18.4. The highest BCUT2D eigenvalue weighted by Crippen LogP contribution is 2.39. The van der Waals surface area contributed by atoms with E-state index < -0.39 is 10.0 Å². The summed E-state index contributed by atoms with van der Waals surface area (Å²) in [6.45, 7) is 4.72. The van der Waals surface area contributed by atoms with E-state index >= 15 is 0 Å². The highest BCUT2D eigenvalue weighted by molar-refractivity contribution is 7.89. The summed E-state index contributed by atoms with van der Waals surface area (Å²) in [5, 5.41) is 3.81. The fraction of sp³-hybridized carbons (Fsp3) is 0.478. The van der Waals surface area contributed by atoms with E-state index in [1.807, 2.05) is 32.0 Å². The molecule has 2 heterocycles. The van der Waals surface area contributed by atoms with Gasteiger partial charge >= 0.3 is 0 Å². The van der Waals surface area contributed by atoms with Crippen molar-refractivity contribution in [2.75, 3.05) is 18.8 Å². The molecule has 9 heteroatoms. The number of halogens is 2. The zero-order chi connectivity index (χ0) is 23.4. The minimum atomic E-state index is -3.24. The normalized spacial score (nSPS) is 17.6. The molecule has 3 rings (SSSR count). The molecule has 32 heavy (non-hydrogen) atoms. The molecular weight excluding hydrogens is 469 g/mol. The largest absolute Gasteiger partial charge is 0.350 e. The van der Waals surface area contributed by atoms with Crippen molar-refractivity contribution in [2.45, 2.75) is 51.0 Å². The number of amides is 1. The lowest BCUT2D eigenvalue weighted by molar-refractivity contribution is 0.0927. The van der Waals surface area contributed by atoms with Gasteiger partial charge in [-0.25, -0.2) is 12.7 Å². The first-order valence-corrected chi connectivity index (χ1v) is 13.2. The number of benzene rings is 1. The first-order valence-electron chi connectivity index (χ1n) is 10.8. The molecule has 1 aromatic carbocycles. The predicted octanol–water partition coefficient (Wildman–Crippen LogP) is 4.67. The Morgan fingerprint density at radius 2 is 1.94 bits per heavy atom. The first-order chi connectivity index (χ1) is 15.2. The molecule has 1 saturated heterocycles. The molecule has 0 aliphatic carbocycles. The van der Waals surface area contributed by atoms with Gasteiger partial charge in [0.1, 0.15) is 0 Å². The summed E-state index contributed by atoms with van der Waals surface area (Å²) in [7, 11) is -3.24. The SMILES string of the molecule is CCCS(=O)(=O)N1CCC(CC(C)NC(=O)c2ccc(Cl)cc2Cl)(c2ccccn2)CC1. The van der Waals surface area contributed by atoms with Crippen LogP contribution in [0.25, 0.3) is 0 Å². The minimum Gasteiger partial charge on any atom is -0.350 e. The van der Waals surface area contributed by atoms with E-state index in [4.69, 9.17) is 23.2 Å². The molecule has 0 radical (unpaired) electrons. The summed E-state index contributed by atoms with van der Waals surface area (Å²) in [6.07, 6.45) is 4.29. The average Bonchev–Trinajstić information content (AvgIpc) is 2.74. The lowest BCUT2D eigenvalue weighted by atomic mass is 9.71. The first kappa shape index (κ1) is 25.0. The summed E-state index contributed by atoms with van der Waals surface area (Å²) < 4.78 is 26.7. The Balaban J connectivity index is 1.77. The van der Waals surface area contributed by atoms with Crippen molar-refractivity contribution in [1.29, 1.82) is 0 Å². The minimum absolute atomic E-state index is 0.165. The van der Waals surface area contributed by atoms with Gasteiger partial charge in [-0.05, 0) is 62.9 Å². The monoisotopic (exact) mass is 497 g/mol. The Hall–Kier alpha value is -1.67. The van der Waals surface area contributed by atoms with Crippen molar-refractivity contribution in [2.24, 2.45) is 0 Å². The maximum absolute atomic E-state index is 12.8. The molecule has 1 fully saturated rings. The number of hydrogen-bond acceptors (Lipinski definition) is 4. The van der Waals surface area contributed by atoms with Gasteiger partial charge in [-0.15, -0.1) is 0 Å². The van der Waals surface area contributed by atoms with Crippen LogP contribution in [0.1, 0.15) is 55.6 Å². The van der Waals surface area contributed by atoms with Gasteiger partial charge < -0.3 is 5.32 Å². The number of rotatable bonds is 8. The molecule has 2 aromatic rings. The molecule has 1 aliphatic rings. The topological polar surface area (TPSA) is 79.4 Å². The van der Waals surface area contributed by atoms with Gasteiger partial charge in [-0.2, -0.15) is 0 Å². The van der Waals surface area contributed by atoms with Crippen molar-refractivity contribution in [3.8, 4) is 0 Å². The zero-order valence-corrected chi connectivity index (χ0v) is 20.7. The van der Waals surface area contributed by atoms with E-state index in [0.29, 0.717) is 54.4 Å². The molecular formula is C23H29Cl2N3O3S. The Morgan fingerprint density at radius 3 is 2.53 bits per heavy atom. The van der Waals surface area contributed by atoms with Crippen LogP contribution in [0.3, 0.4) is 0 Å². The van der Waals surface area contributed by atoms with E-state index in [9.17, 15) is 13.2 Å². The van der Waals surface area contributed by atoms with Crippen molar-refractivity contribution in [3.63, 3.8) is 0 Å². The van der Waals surface area contributed by atoms with Crippen LogP contribution in [0, 0.1) is 0 Å². The molecule has 0 saturated carbocycles. The molecule has 1 amide bonds. The summed E-state index contributed by atoms with van der Waals surface area (Å²) in [5.41, 5.74) is 0.976. The van der Waals surface area contributed by atoms with Crippen molar-refractivity contribution < 1.29 is 13.2 Å². The van der Waals surface area contributed by atoms with Gasteiger partial charge in [0, 0.05) is 41.5 Å². The number of carbonyl (C=O) groups is 1. The molecule has 1 aromatic heterocycles. The third-order valence-electron chi connectivity index (χ3n) is 5.99. The number of sulfonamides is 1. The maximum atomic E-state index is 12.8. The van der Waals surface area contributed by atoms with Crippen LogP contribution in [0.2, 0.25) is 10.0 Å². The second-order valence-electron chi connectivity index (χ2n) is 8.41. The van der Waals surface area contributed by atoms with Crippen LogP contribution in [0.5, 0.6) is 0 Å². The number of aromatic nitrogens is 1. The highest BCUT2D eigenvalue weighted by atomic mass is 35.5. The third kappa shape index (κ3) is 5.81. The molecule has 1 unspecified atom stereocenters. The van der Waals surface area contributed by atoms with E-state index in [1.54, 1.807) is 28.7 Å². The number of hydrogen-bond donors (Lipinski definition) is 1. The Labute approximate surface area is 200 Å². The van der Waals surface area contributed by atoms with Crippen molar-refractivity contribution in [1.82, 2.24) is 14.6 Å². The molecule has 174 valence electrons. The number of nitrogens with zero attached hydrogens (tertiary/aromatic N) is 2. The maximum Gasteiger partial charge on any atom is 0.253 e. The summed E-state index contributed by atoms with van der Waals surface area (Å²) in [4.78, 5) is 17.4. The van der Waals surface area contributed by atoms with Gasteiger partial charge in [0.2, 0.25) is 10.0 Å². The second kappa shape index (κ2) is 10.5. The molecule has 1 atom stereocenters. The Kier molecular flexibility index (Phi) is 8.20. The number of piperidine rings is 1. The van der Waals surface area contributed by atoms with Crippen molar-refractivity contribution in [3.05, 3.63) is 63.9 Å². The van der Waals surface area contributed by atoms with Crippen LogP contribution < -0.4 is 5.32 Å². The predicted molar refractivity (Wildman–Crippen MR) is 129 cm³/mol. The van der Waals surface area contributed by atoms with Gasteiger partial charge in [0.15, 0.2) is 0 Å². The lowest BCUT2D eigenvalue weighted by Crippen LogP contribution is -2.49. The highest BCUT2D eigenvalue weighted by Gasteiger charge is 2.41. The average molecular weight is 498 g/mol. The fourth-order valence-electron chi connectivity index (χ4n) is 4.43. The van der Waals surface area contributed by atoms with Crippen LogP contribution in [-0.4, -0.2) is 48.5 Å². The van der Waals surface area contributed by atoms with Crippen LogP contribution in [0.4, 0.5) is 0 Å². The number of nitrogens with one attached hydrogen (secondary N) is 1. The van der Waals surface area contributed by atoms with E-state index in [-0.39, 0.29) is 23.1 Å². The third-order valence-corrected chi connectivity index (χ3v) is 8.62. The van der Waals surface area contributed by atoms with E-state index in [1.165, 1.54) is 0 Å². The lowest BCUT2D eigenvalue weighted by Gasteiger charge is -2.42. The number of pyridine rings is 1. The molecule has 0 spiro atoms. The summed E-state index contributed by atoms with van der Waals surface area (Å²) in [5.74, 6) is -0.101. The van der Waals surface area contributed by atoms with Crippen LogP contribution in [0.15, 0.2) is 42.6 Å². The Morgan fingerprint density at radius 1 is 1.22 bits per heavy atom. The van der Waals surface area contributed by atoms with Gasteiger partial charge in [-0.1, -0.05) is 36.2 Å². The van der Waals surface area contributed by atoms with Gasteiger partial charge in [0.25, 0.3) is 5.91 Å². The number of carbonyl (C=O) groups excluding carboxylic acids is 1. The summed E-state index contributed by atoms with van der Waals surface area (Å²) in [6, 6.07) is 10.4. The fourth-order valence-corrected chi connectivity index (χ4v) is 6.44. The second-order valence-corrected chi connectivity index (χ2v) is 11.3. The van der Waals surface area contributed by atoms with Gasteiger partial charge in [0.05, 0.1) is 16.3 Å². The summed E-state index contributed by atoms with van der Waals surface area (Å²) >= 11 is 12.1. The van der Waals surface area contributed by atoms with E-state index in [0.717, 1.165) is 5.69 Å². The van der Waals surface area contributed by atoms with Gasteiger partial charge in [-0.3, -0.25) is 9.78 Å². The molecule has 1 N–H and O–H groups in total. The quantitative estimate of drug-likeness (QED) is 0.574. The van der Waals surface area contributed by atoms with Crippen molar-refractivity contribution >= 4 is 39.1 Å². The van der Waals surface area contributed by atoms with Crippen LogP contribution in [-0.2, 0) is 15.4 Å². The van der Waals surface area contributed by atoms with Crippen LogP contribution >= 0.6 is 23.2 Å². The Bertz CT molecular complexity index is 1040. The standard InChI is InChI=1S/C23H29Cl2N3O3S/c1-3-14-32(30,31)28-12-9-23(10-13-28,21-6-4-5-11-26-21)16-17(2)27-22(29)19-8-7-18(24)15-20(19)25/h4-8,11,15,17H,3,9-10,12-14,16H2,1-2H3,(H,27,29). The smallest absolute Gasteiger partial charge is 0.253 e. The molecule has 0 bridgehead atoms. The molecule has 6 nitrogen and oxygen atoms in total. The van der Waals surface area contributed by atoms with E-state index in [2.05, 4.69) is 10.3 Å². The molecule has 1 aliphatic heterocycles.